The van der Waals surface area contributed by atoms with E-state index in [1.54, 1.807) is 42.2 Å². The number of carboxylic acids is 1. The highest BCUT2D eigenvalue weighted by Crippen LogP contribution is 2.30. The summed E-state index contributed by atoms with van der Waals surface area (Å²) in [7, 11) is 0. The molecule has 4 rings (SSSR count). The summed E-state index contributed by atoms with van der Waals surface area (Å²) in [5.74, 6) is -3.34. The number of hydrogen-bond donors (Lipinski definition) is 4. The number of nitrogens with zero attached hydrogens (tertiary/aromatic N) is 1. The van der Waals surface area contributed by atoms with E-state index >= 15 is 0 Å². The molecule has 1 amide bonds. The third-order valence-corrected chi connectivity index (χ3v) is 5.92. The molecule has 6 atom stereocenters. The van der Waals surface area contributed by atoms with Gasteiger partial charge in [-0.2, -0.15) is 0 Å². The average molecular weight is 457 g/mol. The summed E-state index contributed by atoms with van der Waals surface area (Å²) in [6.07, 6.45) is -9.19. The molecule has 33 heavy (non-hydrogen) atoms. The summed E-state index contributed by atoms with van der Waals surface area (Å²) in [5.41, 5.74) is 2.79. The summed E-state index contributed by atoms with van der Waals surface area (Å²) < 4.78 is 10.1. The topological polar surface area (TPSA) is 154 Å². The van der Waals surface area contributed by atoms with Crippen LogP contribution in [-0.4, -0.2) is 69.0 Å². The Hall–Kier alpha value is -3.31. The van der Waals surface area contributed by atoms with Crippen molar-refractivity contribution in [1.29, 1.82) is 0 Å². The van der Waals surface area contributed by atoms with Crippen molar-refractivity contribution in [3.8, 4) is 0 Å². The standard InChI is InChI=1S/C23H23NO9/c1-11(22(31)33-23-18(27)16(25)17(26)19(32-23)21(29)30)12-6-8-14(9-7-12)24-10-13-4-2-3-5-15(13)20(24)28/h2-9,11,16-19,23,25-27H,10H2,1H3,(H,29,30). The van der Waals surface area contributed by atoms with Gasteiger partial charge in [-0.3, -0.25) is 9.59 Å². The Bertz CT molecular complexity index is 1070. The van der Waals surface area contributed by atoms with Gasteiger partial charge in [-0.05, 0) is 36.2 Å². The van der Waals surface area contributed by atoms with Gasteiger partial charge in [0.05, 0.1) is 12.5 Å². The Balaban J connectivity index is 1.43. The van der Waals surface area contributed by atoms with Crippen molar-refractivity contribution in [2.24, 2.45) is 0 Å². The van der Waals surface area contributed by atoms with Crippen LogP contribution in [0.5, 0.6) is 0 Å². The van der Waals surface area contributed by atoms with Crippen LogP contribution in [0.1, 0.15) is 34.3 Å². The van der Waals surface area contributed by atoms with Crippen LogP contribution in [0.2, 0.25) is 0 Å². The average Bonchev–Trinajstić information content (AvgIpc) is 3.15. The zero-order valence-electron chi connectivity index (χ0n) is 17.6. The molecule has 2 aromatic carbocycles. The van der Waals surface area contributed by atoms with Gasteiger partial charge in [-0.25, -0.2) is 4.79 Å². The maximum atomic E-state index is 12.6. The molecule has 6 unspecified atom stereocenters. The number of aliphatic hydroxyl groups excluding tert-OH is 3. The van der Waals surface area contributed by atoms with Crippen LogP contribution in [0.25, 0.3) is 0 Å². The SMILES string of the molecule is CC(C(=O)OC1OC(C(=O)O)C(O)C(O)C1O)c1ccc(N2Cc3ccccc3C2=O)cc1. The van der Waals surface area contributed by atoms with Crippen LogP contribution in [0.4, 0.5) is 5.69 Å². The molecule has 4 N–H and O–H groups in total. The van der Waals surface area contributed by atoms with Crippen molar-refractivity contribution in [3.63, 3.8) is 0 Å². The smallest absolute Gasteiger partial charge is 0.335 e. The number of carbonyl (C=O) groups is 3. The molecule has 0 spiro atoms. The maximum absolute atomic E-state index is 12.6. The molecular weight excluding hydrogens is 434 g/mol. The number of aliphatic hydroxyl groups is 3. The first-order valence-corrected chi connectivity index (χ1v) is 10.3. The predicted molar refractivity (Wildman–Crippen MR) is 112 cm³/mol. The van der Waals surface area contributed by atoms with Crippen molar-refractivity contribution >= 4 is 23.5 Å². The molecular formula is C23H23NO9. The van der Waals surface area contributed by atoms with Gasteiger partial charge in [0, 0.05) is 11.3 Å². The second-order valence-electron chi connectivity index (χ2n) is 8.03. The lowest BCUT2D eigenvalue weighted by Crippen LogP contribution is -2.60. The van der Waals surface area contributed by atoms with Crippen LogP contribution in [-0.2, 0) is 25.6 Å². The van der Waals surface area contributed by atoms with Gasteiger partial charge in [-0.15, -0.1) is 0 Å². The van der Waals surface area contributed by atoms with Gasteiger partial charge in [-0.1, -0.05) is 30.3 Å². The second kappa shape index (κ2) is 8.91. The van der Waals surface area contributed by atoms with Gasteiger partial charge >= 0.3 is 11.9 Å². The van der Waals surface area contributed by atoms with Crippen molar-refractivity contribution < 1.29 is 44.3 Å². The Morgan fingerprint density at radius 2 is 1.70 bits per heavy atom. The molecule has 10 nitrogen and oxygen atoms in total. The number of hydrogen-bond acceptors (Lipinski definition) is 8. The van der Waals surface area contributed by atoms with Gasteiger partial charge in [0.1, 0.15) is 18.3 Å². The van der Waals surface area contributed by atoms with E-state index in [2.05, 4.69) is 0 Å². The van der Waals surface area contributed by atoms with Crippen LogP contribution in [0.15, 0.2) is 48.5 Å². The largest absolute Gasteiger partial charge is 0.479 e. The minimum absolute atomic E-state index is 0.108. The molecule has 2 heterocycles. The Kier molecular flexibility index (Phi) is 6.17. The quantitative estimate of drug-likeness (QED) is 0.467. The van der Waals surface area contributed by atoms with Crippen molar-refractivity contribution in [1.82, 2.24) is 0 Å². The number of anilines is 1. The van der Waals surface area contributed by atoms with E-state index in [0.717, 1.165) is 5.56 Å². The van der Waals surface area contributed by atoms with Crippen molar-refractivity contribution in [3.05, 3.63) is 65.2 Å². The number of carbonyl (C=O) groups excluding carboxylic acids is 2. The number of benzene rings is 2. The second-order valence-corrected chi connectivity index (χ2v) is 8.03. The number of rotatable bonds is 5. The van der Waals surface area contributed by atoms with E-state index in [9.17, 15) is 29.7 Å². The summed E-state index contributed by atoms with van der Waals surface area (Å²) in [6.45, 7) is 1.99. The fraction of sp³-hybridized carbons (Fsp3) is 0.348. The van der Waals surface area contributed by atoms with E-state index in [4.69, 9.17) is 14.6 Å². The number of aliphatic carboxylic acids is 1. The van der Waals surface area contributed by atoms with Crippen LogP contribution >= 0.6 is 0 Å². The van der Waals surface area contributed by atoms with E-state index in [-0.39, 0.29) is 5.91 Å². The minimum Gasteiger partial charge on any atom is -0.479 e. The third-order valence-electron chi connectivity index (χ3n) is 5.92. The molecule has 1 fully saturated rings. The number of amides is 1. The maximum Gasteiger partial charge on any atom is 0.335 e. The van der Waals surface area contributed by atoms with E-state index < -0.39 is 48.6 Å². The van der Waals surface area contributed by atoms with Crippen molar-refractivity contribution in [2.75, 3.05) is 4.90 Å². The molecule has 0 bridgehead atoms. The predicted octanol–water partition coefficient (Wildman–Crippen LogP) is 0.386. The lowest BCUT2D eigenvalue weighted by Gasteiger charge is -2.38. The number of fused-ring (bicyclic) bond motifs is 1. The Morgan fingerprint density at radius 3 is 2.33 bits per heavy atom. The highest BCUT2D eigenvalue weighted by molar-refractivity contribution is 6.10. The fourth-order valence-corrected chi connectivity index (χ4v) is 3.91. The van der Waals surface area contributed by atoms with Crippen LogP contribution in [0.3, 0.4) is 0 Å². The highest BCUT2D eigenvalue weighted by Gasteiger charge is 2.48. The fourth-order valence-electron chi connectivity index (χ4n) is 3.91. The van der Waals surface area contributed by atoms with E-state index in [1.165, 1.54) is 0 Å². The van der Waals surface area contributed by atoms with Gasteiger partial charge in [0.2, 0.25) is 6.29 Å². The summed E-state index contributed by atoms with van der Waals surface area (Å²) in [4.78, 5) is 38.1. The molecule has 0 saturated carbocycles. The molecule has 174 valence electrons. The lowest BCUT2D eigenvalue weighted by molar-refractivity contribution is -0.286. The highest BCUT2D eigenvalue weighted by atomic mass is 16.7. The number of ether oxygens (including phenoxy) is 2. The molecule has 0 aliphatic carbocycles. The minimum atomic E-state index is -1.88. The Labute approximate surface area is 188 Å². The van der Waals surface area contributed by atoms with Gasteiger partial charge in [0.25, 0.3) is 5.91 Å². The summed E-state index contributed by atoms with van der Waals surface area (Å²) in [5, 5.41) is 38.7. The molecule has 2 aromatic rings. The zero-order chi connectivity index (χ0) is 23.9. The summed E-state index contributed by atoms with van der Waals surface area (Å²) in [6, 6.07) is 14.1. The van der Waals surface area contributed by atoms with Gasteiger partial charge < -0.3 is 34.8 Å². The zero-order valence-corrected chi connectivity index (χ0v) is 17.6. The van der Waals surface area contributed by atoms with E-state index in [1.807, 2.05) is 18.2 Å². The van der Waals surface area contributed by atoms with Gasteiger partial charge in [0.15, 0.2) is 6.10 Å². The molecule has 0 aromatic heterocycles. The molecule has 10 heteroatoms. The third kappa shape index (κ3) is 4.21. The van der Waals surface area contributed by atoms with E-state index in [0.29, 0.717) is 23.4 Å². The molecule has 1 saturated heterocycles. The van der Waals surface area contributed by atoms with Crippen LogP contribution in [0, 0.1) is 0 Å². The first-order chi connectivity index (χ1) is 15.7. The summed E-state index contributed by atoms with van der Waals surface area (Å²) >= 11 is 0. The first kappa shape index (κ1) is 22.9. The normalized spacial score (nSPS) is 27.7. The van der Waals surface area contributed by atoms with Crippen LogP contribution < -0.4 is 4.90 Å². The number of esters is 1. The lowest BCUT2D eigenvalue weighted by atomic mass is 9.98. The number of carboxylic acid groups (broad SMARTS) is 1. The monoisotopic (exact) mass is 457 g/mol. The molecule has 0 radical (unpaired) electrons. The first-order valence-electron chi connectivity index (χ1n) is 10.3. The molecule has 2 aliphatic heterocycles. The van der Waals surface area contributed by atoms with Crippen molar-refractivity contribution in [2.45, 2.75) is 50.1 Å². The Morgan fingerprint density at radius 1 is 1.03 bits per heavy atom. The molecule has 2 aliphatic rings.